The van der Waals surface area contributed by atoms with Crippen LogP contribution in [0.25, 0.3) is 6.08 Å². The molecule has 6 atom stereocenters. The Morgan fingerprint density at radius 2 is 1.74 bits per heavy atom. The third-order valence-corrected chi connectivity index (χ3v) is 6.72. The number of phenols is 3. The first-order valence-electron chi connectivity index (χ1n) is 11.7. The molecule has 1 fully saturated rings. The highest BCUT2D eigenvalue weighted by Crippen LogP contribution is 2.51. The molecule has 2 aliphatic rings. The number of carbonyl (C=O) groups excluding carboxylic acids is 2. The average Bonchev–Trinajstić information content (AvgIpc) is 3.27. The van der Waals surface area contributed by atoms with Gasteiger partial charge in [-0.2, -0.15) is 0 Å². The molecule has 0 spiro atoms. The predicted octanol–water partition coefficient (Wildman–Crippen LogP) is 0.450. The number of aliphatic hydroxyl groups is 3. The Kier molecular flexibility index (Phi) is 7.41. The van der Waals surface area contributed by atoms with Gasteiger partial charge in [-0.3, -0.25) is 4.79 Å². The zero-order valence-corrected chi connectivity index (χ0v) is 20.4. The fraction of sp³-hybridized carbons (Fsp3) is 0.346. The van der Waals surface area contributed by atoms with E-state index in [9.17, 15) is 50.1 Å². The molecule has 1 saturated carbocycles. The highest BCUT2D eigenvalue weighted by Gasteiger charge is 2.50. The molecule has 7 N–H and O–H groups in total. The van der Waals surface area contributed by atoms with Crippen molar-refractivity contribution < 1.29 is 64.3 Å². The molecule has 0 bridgehead atoms. The van der Waals surface area contributed by atoms with Gasteiger partial charge >= 0.3 is 17.9 Å². The second-order valence-corrected chi connectivity index (χ2v) is 9.36. The summed E-state index contributed by atoms with van der Waals surface area (Å²) in [5.74, 6) is -5.73. The summed E-state index contributed by atoms with van der Waals surface area (Å²) in [4.78, 5) is 36.5. The number of aliphatic carboxylic acids is 1. The Bertz CT molecular complexity index is 1340. The summed E-state index contributed by atoms with van der Waals surface area (Å²) in [6, 6.07) is 6.53. The minimum atomic E-state index is -2.40. The number of carbonyl (C=O) groups is 3. The van der Waals surface area contributed by atoms with Gasteiger partial charge in [0.25, 0.3) is 0 Å². The molecule has 0 saturated heterocycles. The molecule has 0 aromatic heterocycles. The van der Waals surface area contributed by atoms with Gasteiger partial charge in [0, 0.05) is 24.5 Å². The summed E-state index contributed by atoms with van der Waals surface area (Å²) in [6.45, 7) is 0. The van der Waals surface area contributed by atoms with E-state index in [0.29, 0.717) is 5.56 Å². The zero-order chi connectivity index (χ0) is 28.6. The molecule has 6 unspecified atom stereocenters. The van der Waals surface area contributed by atoms with Gasteiger partial charge in [-0.05, 0) is 41.5 Å². The van der Waals surface area contributed by atoms with E-state index in [1.807, 2.05) is 0 Å². The fourth-order valence-electron chi connectivity index (χ4n) is 4.72. The van der Waals surface area contributed by atoms with E-state index in [-0.39, 0.29) is 28.4 Å². The second-order valence-electron chi connectivity index (χ2n) is 9.36. The standard InChI is InChI=1S/C26H26O13/c1-37-24(33)20-13-6-11(7-16(29)23(13)39-22(20)12-3-4-14(27)15(28)8-12)2-5-19(31)38-18-10-26(36,25(34)35)9-17(30)21(18)32/h2-8,17-18,20-22,27-30,32,36H,9-10H2,1H3,(H,34,35). The third-order valence-electron chi connectivity index (χ3n) is 6.72. The molecular weight excluding hydrogens is 520 g/mol. The number of rotatable bonds is 6. The van der Waals surface area contributed by atoms with E-state index in [0.717, 1.165) is 13.2 Å². The summed E-state index contributed by atoms with van der Waals surface area (Å²) >= 11 is 0. The molecule has 0 amide bonds. The van der Waals surface area contributed by atoms with Gasteiger partial charge in [-0.15, -0.1) is 0 Å². The van der Waals surface area contributed by atoms with Crippen LogP contribution in [0.4, 0.5) is 0 Å². The van der Waals surface area contributed by atoms with E-state index in [1.165, 1.54) is 36.4 Å². The number of methoxy groups -OCH3 is 1. The normalized spacial score (nSPS) is 27.9. The van der Waals surface area contributed by atoms with Crippen LogP contribution in [0, 0.1) is 0 Å². The maximum absolute atomic E-state index is 12.7. The SMILES string of the molecule is COC(=O)C1c2cc(C=CC(=O)OC3CC(O)(C(=O)O)CC(O)C3O)cc(O)c2OC1c1ccc(O)c(O)c1. The maximum Gasteiger partial charge on any atom is 0.335 e. The molecule has 13 heteroatoms. The van der Waals surface area contributed by atoms with E-state index in [1.54, 1.807) is 0 Å². The summed E-state index contributed by atoms with van der Waals surface area (Å²) in [7, 11) is 1.16. The topological polar surface area (TPSA) is 221 Å². The van der Waals surface area contributed by atoms with Gasteiger partial charge in [0.1, 0.15) is 24.2 Å². The van der Waals surface area contributed by atoms with Gasteiger partial charge in [0.2, 0.25) is 0 Å². The number of esters is 2. The van der Waals surface area contributed by atoms with Crippen molar-refractivity contribution >= 4 is 24.0 Å². The van der Waals surface area contributed by atoms with Gasteiger partial charge < -0.3 is 50.0 Å². The van der Waals surface area contributed by atoms with E-state index < -0.39 is 72.4 Å². The van der Waals surface area contributed by atoms with Crippen LogP contribution in [-0.2, 0) is 23.9 Å². The van der Waals surface area contributed by atoms with Crippen LogP contribution in [0.3, 0.4) is 0 Å². The van der Waals surface area contributed by atoms with Crippen LogP contribution in [-0.4, -0.2) is 84.7 Å². The summed E-state index contributed by atoms with van der Waals surface area (Å²) in [5.41, 5.74) is -1.65. The lowest BCUT2D eigenvalue weighted by molar-refractivity contribution is -0.196. The Balaban J connectivity index is 1.57. The Morgan fingerprint density at radius 3 is 2.38 bits per heavy atom. The number of aliphatic hydroxyl groups excluding tert-OH is 2. The van der Waals surface area contributed by atoms with Crippen molar-refractivity contribution in [2.45, 2.75) is 48.8 Å². The first-order valence-corrected chi connectivity index (χ1v) is 11.7. The number of hydrogen-bond donors (Lipinski definition) is 7. The van der Waals surface area contributed by atoms with Crippen LogP contribution in [0.1, 0.15) is 41.6 Å². The smallest absolute Gasteiger partial charge is 0.335 e. The zero-order valence-electron chi connectivity index (χ0n) is 20.4. The van der Waals surface area contributed by atoms with E-state index in [4.69, 9.17) is 14.2 Å². The van der Waals surface area contributed by atoms with Crippen molar-refractivity contribution in [1.82, 2.24) is 0 Å². The fourth-order valence-corrected chi connectivity index (χ4v) is 4.72. The van der Waals surface area contributed by atoms with Crippen molar-refractivity contribution in [3.63, 3.8) is 0 Å². The number of aromatic hydroxyl groups is 3. The number of carboxylic acids is 1. The van der Waals surface area contributed by atoms with Crippen molar-refractivity contribution in [2.75, 3.05) is 7.11 Å². The van der Waals surface area contributed by atoms with Gasteiger partial charge in [0.05, 0.1) is 13.2 Å². The highest BCUT2D eigenvalue weighted by molar-refractivity contribution is 5.88. The number of phenolic OH excluding ortho intramolecular Hbond substituents is 3. The van der Waals surface area contributed by atoms with Crippen molar-refractivity contribution in [1.29, 1.82) is 0 Å². The molecule has 2 aromatic carbocycles. The first kappa shape index (κ1) is 27.7. The van der Waals surface area contributed by atoms with Gasteiger partial charge in [0.15, 0.2) is 28.6 Å². The number of hydrogen-bond acceptors (Lipinski definition) is 12. The lowest BCUT2D eigenvalue weighted by Gasteiger charge is -2.39. The van der Waals surface area contributed by atoms with Gasteiger partial charge in [-0.1, -0.05) is 6.07 Å². The van der Waals surface area contributed by atoms with E-state index >= 15 is 0 Å². The van der Waals surface area contributed by atoms with Crippen molar-refractivity contribution in [2.24, 2.45) is 0 Å². The number of benzene rings is 2. The molecule has 1 heterocycles. The summed E-state index contributed by atoms with van der Waals surface area (Å²) < 4.78 is 15.8. The molecule has 4 rings (SSSR count). The molecule has 208 valence electrons. The molecule has 39 heavy (non-hydrogen) atoms. The molecule has 0 radical (unpaired) electrons. The average molecular weight is 546 g/mol. The molecule has 2 aromatic rings. The maximum atomic E-state index is 12.7. The summed E-state index contributed by atoms with van der Waals surface area (Å²) in [5, 5.41) is 69.5. The quantitative estimate of drug-likeness (QED) is 0.149. The molecule has 13 nitrogen and oxygen atoms in total. The Hall–Kier alpha value is -4.33. The number of carboxylic acid groups (broad SMARTS) is 1. The monoisotopic (exact) mass is 546 g/mol. The van der Waals surface area contributed by atoms with Crippen LogP contribution in [0.2, 0.25) is 0 Å². The number of fused-ring (bicyclic) bond motifs is 1. The van der Waals surface area contributed by atoms with Crippen molar-refractivity contribution in [3.8, 4) is 23.0 Å². The minimum absolute atomic E-state index is 0.0324. The summed E-state index contributed by atoms with van der Waals surface area (Å²) in [6.07, 6.45) is -4.98. The largest absolute Gasteiger partial charge is 0.504 e. The minimum Gasteiger partial charge on any atom is -0.504 e. The van der Waals surface area contributed by atoms with Crippen LogP contribution in [0.5, 0.6) is 23.0 Å². The van der Waals surface area contributed by atoms with Crippen LogP contribution >= 0.6 is 0 Å². The Labute approximate surface area is 220 Å². The van der Waals surface area contributed by atoms with E-state index in [2.05, 4.69) is 0 Å². The lowest BCUT2D eigenvalue weighted by atomic mass is 9.79. The molecule has 1 aliphatic heterocycles. The third kappa shape index (κ3) is 5.32. The predicted molar refractivity (Wildman–Crippen MR) is 129 cm³/mol. The van der Waals surface area contributed by atoms with Crippen molar-refractivity contribution in [3.05, 3.63) is 53.1 Å². The second kappa shape index (κ2) is 10.4. The van der Waals surface area contributed by atoms with Gasteiger partial charge in [-0.25, -0.2) is 9.59 Å². The first-order chi connectivity index (χ1) is 18.3. The lowest BCUT2D eigenvalue weighted by Crippen LogP contribution is -2.57. The number of ether oxygens (including phenoxy) is 3. The highest BCUT2D eigenvalue weighted by atomic mass is 16.6. The molecular formula is C26H26O13. The molecule has 1 aliphatic carbocycles. The van der Waals surface area contributed by atoms with Crippen LogP contribution < -0.4 is 4.74 Å². The Morgan fingerprint density at radius 1 is 1.03 bits per heavy atom. The van der Waals surface area contributed by atoms with Crippen LogP contribution in [0.15, 0.2) is 36.4 Å².